The molecule has 2 N–H and O–H groups in total. The van der Waals surface area contributed by atoms with Crippen molar-refractivity contribution in [1.29, 1.82) is 0 Å². The maximum absolute atomic E-state index is 10.1. The number of halogens is 1. The Kier molecular flexibility index (Phi) is 6.42. The molecule has 7 heteroatoms. The van der Waals surface area contributed by atoms with Crippen LogP contribution in [0, 0.1) is 0 Å². The molecule has 1 aromatic heterocycles. The second kappa shape index (κ2) is 7.59. The first-order chi connectivity index (χ1) is 9.41. The molecule has 0 aliphatic rings. The standard InChI is InChI=1S/C13H24ClN5O/c1-5-8-13(4,20)9-15-11-16-10(14)17-12(18-11)19(6-2)7-3/h20H,5-9H2,1-4H3,(H,15,16,17,18). The van der Waals surface area contributed by atoms with Gasteiger partial charge in [-0.05, 0) is 38.8 Å². The van der Waals surface area contributed by atoms with E-state index in [0.717, 1.165) is 19.5 Å². The molecule has 20 heavy (non-hydrogen) atoms. The Morgan fingerprint density at radius 3 is 2.40 bits per heavy atom. The Bertz CT molecular complexity index is 423. The summed E-state index contributed by atoms with van der Waals surface area (Å²) in [6.45, 7) is 9.84. The zero-order valence-electron chi connectivity index (χ0n) is 12.6. The van der Waals surface area contributed by atoms with Crippen molar-refractivity contribution in [2.45, 2.75) is 46.1 Å². The number of hydrogen-bond donors (Lipinski definition) is 2. The van der Waals surface area contributed by atoms with Crippen LogP contribution < -0.4 is 10.2 Å². The van der Waals surface area contributed by atoms with Crippen LogP contribution in [-0.2, 0) is 0 Å². The third-order valence-corrected chi connectivity index (χ3v) is 3.23. The summed E-state index contributed by atoms with van der Waals surface area (Å²) in [5.74, 6) is 0.941. The van der Waals surface area contributed by atoms with E-state index in [9.17, 15) is 5.11 Å². The first-order valence-corrected chi connectivity index (χ1v) is 7.42. The van der Waals surface area contributed by atoms with E-state index in [1.165, 1.54) is 0 Å². The van der Waals surface area contributed by atoms with Crippen LogP contribution in [0.1, 0.15) is 40.5 Å². The summed E-state index contributed by atoms with van der Waals surface area (Å²) in [6.07, 6.45) is 1.62. The molecule has 0 spiro atoms. The predicted octanol–water partition coefficient (Wildman–Crippen LogP) is 2.33. The summed E-state index contributed by atoms with van der Waals surface area (Å²) < 4.78 is 0. The van der Waals surface area contributed by atoms with Crippen molar-refractivity contribution in [3.63, 3.8) is 0 Å². The first kappa shape index (κ1) is 16.9. The van der Waals surface area contributed by atoms with E-state index in [-0.39, 0.29) is 5.28 Å². The summed E-state index contributed by atoms with van der Waals surface area (Å²) in [4.78, 5) is 14.5. The molecule has 1 unspecified atom stereocenters. The Balaban J connectivity index is 2.80. The second-order valence-electron chi connectivity index (χ2n) is 5.00. The second-order valence-corrected chi connectivity index (χ2v) is 5.34. The molecule has 0 bridgehead atoms. The largest absolute Gasteiger partial charge is 0.388 e. The molecule has 0 aliphatic heterocycles. The number of anilines is 2. The Labute approximate surface area is 125 Å². The Morgan fingerprint density at radius 2 is 1.85 bits per heavy atom. The van der Waals surface area contributed by atoms with Crippen LogP contribution in [0.2, 0.25) is 5.28 Å². The third-order valence-electron chi connectivity index (χ3n) is 3.06. The van der Waals surface area contributed by atoms with Gasteiger partial charge in [-0.15, -0.1) is 0 Å². The van der Waals surface area contributed by atoms with Gasteiger partial charge in [0.05, 0.1) is 5.60 Å². The summed E-state index contributed by atoms with van der Waals surface area (Å²) in [5, 5.41) is 13.3. The van der Waals surface area contributed by atoms with E-state index in [2.05, 4.69) is 20.3 Å². The molecule has 0 radical (unpaired) electrons. The SMILES string of the molecule is CCCC(C)(O)CNc1nc(Cl)nc(N(CC)CC)n1. The third kappa shape index (κ3) is 5.09. The molecule has 0 saturated heterocycles. The first-order valence-electron chi connectivity index (χ1n) is 7.04. The number of nitrogens with one attached hydrogen (secondary N) is 1. The Morgan fingerprint density at radius 1 is 1.20 bits per heavy atom. The fourth-order valence-corrected chi connectivity index (χ4v) is 2.12. The minimum absolute atomic E-state index is 0.152. The van der Waals surface area contributed by atoms with Gasteiger partial charge in [-0.3, -0.25) is 0 Å². The normalized spacial score (nSPS) is 13.9. The molecular weight excluding hydrogens is 278 g/mol. The summed E-state index contributed by atoms with van der Waals surface area (Å²) >= 11 is 5.93. The lowest BCUT2D eigenvalue weighted by Crippen LogP contribution is -2.34. The number of nitrogens with zero attached hydrogens (tertiary/aromatic N) is 4. The van der Waals surface area contributed by atoms with Crippen molar-refractivity contribution < 1.29 is 5.11 Å². The molecular formula is C13H24ClN5O. The molecule has 1 rings (SSSR count). The van der Waals surface area contributed by atoms with Crippen molar-refractivity contribution in [3.05, 3.63) is 5.28 Å². The summed E-state index contributed by atoms with van der Waals surface area (Å²) in [6, 6.07) is 0. The van der Waals surface area contributed by atoms with E-state index < -0.39 is 5.60 Å². The predicted molar refractivity (Wildman–Crippen MR) is 82.4 cm³/mol. The van der Waals surface area contributed by atoms with Crippen LogP contribution in [0.15, 0.2) is 0 Å². The lowest BCUT2D eigenvalue weighted by molar-refractivity contribution is 0.0635. The highest BCUT2D eigenvalue weighted by atomic mass is 35.5. The maximum atomic E-state index is 10.1. The van der Waals surface area contributed by atoms with Gasteiger partial charge in [-0.25, -0.2) is 0 Å². The van der Waals surface area contributed by atoms with Gasteiger partial charge in [0.2, 0.25) is 17.2 Å². The van der Waals surface area contributed by atoms with E-state index in [0.29, 0.717) is 24.9 Å². The van der Waals surface area contributed by atoms with Crippen molar-refractivity contribution in [2.75, 3.05) is 29.9 Å². The smallest absolute Gasteiger partial charge is 0.231 e. The minimum atomic E-state index is -0.788. The van der Waals surface area contributed by atoms with Gasteiger partial charge >= 0.3 is 0 Å². The van der Waals surface area contributed by atoms with E-state index in [4.69, 9.17) is 11.6 Å². The number of hydrogen-bond acceptors (Lipinski definition) is 6. The van der Waals surface area contributed by atoms with Crippen LogP contribution in [-0.4, -0.2) is 45.3 Å². The van der Waals surface area contributed by atoms with Gasteiger partial charge in [-0.1, -0.05) is 13.3 Å². The van der Waals surface area contributed by atoms with Crippen molar-refractivity contribution in [3.8, 4) is 0 Å². The van der Waals surface area contributed by atoms with Crippen molar-refractivity contribution in [2.24, 2.45) is 0 Å². The van der Waals surface area contributed by atoms with E-state index in [1.54, 1.807) is 6.92 Å². The van der Waals surface area contributed by atoms with E-state index >= 15 is 0 Å². The average molecular weight is 302 g/mol. The number of aromatic nitrogens is 3. The zero-order valence-corrected chi connectivity index (χ0v) is 13.4. The lowest BCUT2D eigenvalue weighted by atomic mass is 10.0. The zero-order chi connectivity index (χ0) is 15.2. The highest BCUT2D eigenvalue weighted by Gasteiger charge is 2.19. The molecule has 0 saturated carbocycles. The molecule has 0 amide bonds. The highest BCUT2D eigenvalue weighted by molar-refractivity contribution is 6.28. The van der Waals surface area contributed by atoms with Crippen molar-refractivity contribution in [1.82, 2.24) is 15.0 Å². The fourth-order valence-electron chi connectivity index (χ4n) is 1.96. The van der Waals surface area contributed by atoms with Gasteiger partial charge in [-0.2, -0.15) is 15.0 Å². The molecule has 6 nitrogen and oxygen atoms in total. The van der Waals surface area contributed by atoms with Crippen LogP contribution in [0.25, 0.3) is 0 Å². The molecule has 114 valence electrons. The van der Waals surface area contributed by atoms with Crippen LogP contribution >= 0.6 is 11.6 Å². The average Bonchev–Trinajstić information content (AvgIpc) is 2.37. The summed E-state index contributed by atoms with van der Waals surface area (Å²) in [7, 11) is 0. The monoisotopic (exact) mass is 301 g/mol. The van der Waals surface area contributed by atoms with Crippen LogP contribution in [0.3, 0.4) is 0 Å². The van der Waals surface area contributed by atoms with Crippen LogP contribution in [0.4, 0.5) is 11.9 Å². The topological polar surface area (TPSA) is 74.2 Å². The van der Waals surface area contributed by atoms with Crippen molar-refractivity contribution >= 4 is 23.5 Å². The molecule has 0 fully saturated rings. The lowest BCUT2D eigenvalue weighted by Gasteiger charge is -2.23. The molecule has 0 aromatic carbocycles. The fraction of sp³-hybridized carbons (Fsp3) is 0.769. The Hall–Kier alpha value is -1.14. The van der Waals surface area contributed by atoms with Gasteiger partial charge in [0.25, 0.3) is 0 Å². The molecule has 1 atom stereocenters. The van der Waals surface area contributed by atoms with E-state index in [1.807, 2.05) is 25.7 Å². The maximum Gasteiger partial charge on any atom is 0.231 e. The number of rotatable bonds is 8. The summed E-state index contributed by atoms with van der Waals surface area (Å²) in [5.41, 5.74) is -0.788. The van der Waals surface area contributed by atoms with Gasteiger partial charge in [0, 0.05) is 19.6 Å². The van der Waals surface area contributed by atoms with Gasteiger partial charge < -0.3 is 15.3 Å². The minimum Gasteiger partial charge on any atom is -0.388 e. The quantitative estimate of drug-likeness (QED) is 0.768. The molecule has 1 aromatic rings. The molecule has 1 heterocycles. The van der Waals surface area contributed by atoms with Crippen LogP contribution in [0.5, 0.6) is 0 Å². The van der Waals surface area contributed by atoms with Gasteiger partial charge in [0.1, 0.15) is 0 Å². The number of aliphatic hydroxyl groups is 1. The van der Waals surface area contributed by atoms with Gasteiger partial charge in [0.15, 0.2) is 0 Å². The molecule has 0 aliphatic carbocycles. The highest BCUT2D eigenvalue weighted by Crippen LogP contribution is 2.16.